The average Bonchev–Trinajstić information content (AvgIpc) is 3.21. The number of benzene rings is 1. The first kappa shape index (κ1) is 20.8. The summed E-state index contributed by atoms with van der Waals surface area (Å²) in [6, 6.07) is 3.31. The third-order valence-corrected chi connectivity index (χ3v) is 6.87. The second-order valence-electron chi connectivity index (χ2n) is 7.94. The molecule has 0 bridgehead atoms. The van der Waals surface area contributed by atoms with E-state index in [-0.39, 0.29) is 30.3 Å². The van der Waals surface area contributed by atoms with Gasteiger partial charge in [0, 0.05) is 35.8 Å². The van der Waals surface area contributed by atoms with Gasteiger partial charge in [0.05, 0.1) is 18.7 Å². The molecule has 7 nitrogen and oxygen atoms in total. The zero-order valence-corrected chi connectivity index (χ0v) is 17.9. The minimum atomic E-state index is -0.692. The Morgan fingerprint density at radius 1 is 1.31 bits per heavy atom. The van der Waals surface area contributed by atoms with Gasteiger partial charge in [-0.25, -0.2) is 13.8 Å². The van der Waals surface area contributed by atoms with E-state index >= 15 is 0 Å². The molecule has 1 fully saturated rings. The van der Waals surface area contributed by atoms with Crippen LogP contribution in [0.2, 0.25) is 0 Å². The molecular formula is C22H19F2N3O4S. The molecule has 0 spiro atoms. The number of pyridine rings is 1. The van der Waals surface area contributed by atoms with Gasteiger partial charge in [-0.1, -0.05) is 6.07 Å². The second kappa shape index (κ2) is 7.79. The lowest BCUT2D eigenvalue weighted by atomic mass is 10.1. The third-order valence-electron chi connectivity index (χ3n) is 5.84. The first-order valence-electron chi connectivity index (χ1n) is 10.1. The van der Waals surface area contributed by atoms with E-state index in [2.05, 4.69) is 4.98 Å². The average molecular weight is 459 g/mol. The highest BCUT2D eigenvalue weighted by Crippen LogP contribution is 2.32. The standard InChI is InChI=1S/C22H19F2N3O4S/c1-11-4-5-31-17-10-26-9-15(19(28)20(29)18(26)22(30)27(11)17)21-25-8-14(32-21)6-12-2-3-13(23)7-16(12)24/h2-3,7-9,11,17,29H,4-6,10H2,1H3/t11-,17+/m1/s1. The van der Waals surface area contributed by atoms with Crippen LogP contribution in [0.3, 0.4) is 0 Å². The van der Waals surface area contributed by atoms with E-state index in [0.29, 0.717) is 28.5 Å². The molecule has 1 amide bonds. The van der Waals surface area contributed by atoms with Gasteiger partial charge < -0.3 is 19.3 Å². The number of halogens is 2. The predicted octanol–water partition coefficient (Wildman–Crippen LogP) is 3.14. The van der Waals surface area contributed by atoms with Gasteiger partial charge in [0.25, 0.3) is 5.91 Å². The van der Waals surface area contributed by atoms with E-state index < -0.39 is 34.9 Å². The predicted molar refractivity (Wildman–Crippen MR) is 113 cm³/mol. The van der Waals surface area contributed by atoms with Crippen LogP contribution in [0.1, 0.15) is 34.3 Å². The number of thiazole rings is 1. The lowest BCUT2D eigenvalue weighted by Crippen LogP contribution is -2.56. The summed E-state index contributed by atoms with van der Waals surface area (Å²) < 4.78 is 34.4. The Morgan fingerprint density at radius 2 is 2.12 bits per heavy atom. The van der Waals surface area contributed by atoms with Crippen LogP contribution in [0.15, 0.2) is 35.4 Å². The van der Waals surface area contributed by atoms with Crippen LogP contribution in [-0.2, 0) is 17.7 Å². The Hall–Kier alpha value is -3.11. The van der Waals surface area contributed by atoms with E-state index in [1.54, 1.807) is 4.90 Å². The molecule has 1 saturated heterocycles. The number of nitrogens with zero attached hydrogens (tertiary/aromatic N) is 3. The van der Waals surface area contributed by atoms with Crippen molar-refractivity contribution in [2.24, 2.45) is 0 Å². The molecule has 2 atom stereocenters. The van der Waals surface area contributed by atoms with E-state index in [1.807, 2.05) is 6.92 Å². The number of rotatable bonds is 3. The Bertz CT molecular complexity index is 1290. The van der Waals surface area contributed by atoms with E-state index in [4.69, 9.17) is 4.74 Å². The van der Waals surface area contributed by atoms with Crippen molar-refractivity contribution in [3.63, 3.8) is 0 Å². The smallest absolute Gasteiger partial charge is 0.276 e. The number of carbonyl (C=O) groups is 1. The SMILES string of the molecule is C[C@@H]1CCO[C@H]2Cn3cc(-c4ncc(Cc5ccc(F)cc5F)s4)c(=O)c(O)c3C(=O)N12. The quantitative estimate of drug-likeness (QED) is 0.651. The molecule has 2 aliphatic rings. The molecule has 4 heterocycles. The molecule has 1 aromatic carbocycles. The molecule has 10 heteroatoms. The van der Waals surface area contributed by atoms with E-state index in [9.17, 15) is 23.5 Å². The maximum absolute atomic E-state index is 14.0. The summed E-state index contributed by atoms with van der Waals surface area (Å²) in [5.74, 6) is -2.37. The molecule has 0 saturated carbocycles. The molecule has 166 valence electrons. The minimum absolute atomic E-state index is 0.0578. The van der Waals surface area contributed by atoms with E-state index in [1.165, 1.54) is 40.4 Å². The Kier molecular flexibility index (Phi) is 5.06. The van der Waals surface area contributed by atoms with Gasteiger partial charge in [0.1, 0.15) is 16.6 Å². The summed E-state index contributed by atoms with van der Waals surface area (Å²) in [7, 11) is 0. The summed E-state index contributed by atoms with van der Waals surface area (Å²) in [5, 5.41) is 10.9. The largest absolute Gasteiger partial charge is 0.503 e. The van der Waals surface area contributed by atoms with Crippen molar-refractivity contribution in [3.05, 3.63) is 68.6 Å². The van der Waals surface area contributed by atoms with Crippen LogP contribution in [0.5, 0.6) is 5.75 Å². The molecule has 2 aliphatic heterocycles. The fraction of sp³-hybridized carbons (Fsp3) is 0.318. The Balaban J connectivity index is 1.50. The van der Waals surface area contributed by atoms with Crippen molar-refractivity contribution in [2.75, 3.05) is 6.61 Å². The third kappa shape index (κ3) is 3.39. The van der Waals surface area contributed by atoms with Crippen molar-refractivity contribution in [2.45, 2.75) is 38.6 Å². The number of hydrogen-bond acceptors (Lipinski definition) is 6. The molecule has 0 unspecified atom stereocenters. The highest BCUT2D eigenvalue weighted by atomic mass is 32.1. The summed E-state index contributed by atoms with van der Waals surface area (Å²) >= 11 is 1.17. The number of fused-ring (bicyclic) bond motifs is 2. The van der Waals surface area contributed by atoms with Gasteiger partial charge in [-0.2, -0.15) is 0 Å². The number of aromatic hydroxyl groups is 1. The molecule has 3 aromatic rings. The van der Waals surface area contributed by atoms with Gasteiger partial charge in [0.15, 0.2) is 17.7 Å². The van der Waals surface area contributed by atoms with E-state index in [0.717, 1.165) is 6.07 Å². The van der Waals surface area contributed by atoms with Crippen molar-refractivity contribution < 1.29 is 23.4 Å². The number of amides is 1. The molecule has 5 rings (SSSR count). The topological polar surface area (TPSA) is 84.7 Å². The van der Waals surface area contributed by atoms with Crippen LogP contribution >= 0.6 is 11.3 Å². The summed E-state index contributed by atoms with van der Waals surface area (Å²) in [6.07, 6.45) is 3.42. The Morgan fingerprint density at radius 3 is 2.91 bits per heavy atom. The fourth-order valence-corrected chi connectivity index (χ4v) is 5.12. The first-order chi connectivity index (χ1) is 15.3. The van der Waals surface area contributed by atoms with Crippen LogP contribution in [-0.4, -0.2) is 44.3 Å². The van der Waals surface area contributed by atoms with Gasteiger partial charge in [-0.15, -0.1) is 11.3 Å². The molecule has 0 aliphatic carbocycles. The lowest BCUT2D eigenvalue weighted by molar-refractivity contribution is -0.112. The number of hydrogen-bond donors (Lipinski definition) is 1. The molecular weight excluding hydrogens is 440 g/mol. The lowest BCUT2D eigenvalue weighted by Gasteiger charge is -2.44. The van der Waals surface area contributed by atoms with Gasteiger partial charge in [-0.3, -0.25) is 9.59 Å². The van der Waals surface area contributed by atoms with Crippen molar-refractivity contribution in [1.82, 2.24) is 14.5 Å². The zero-order chi connectivity index (χ0) is 22.6. The highest BCUT2D eigenvalue weighted by molar-refractivity contribution is 7.15. The first-order valence-corrected chi connectivity index (χ1v) is 10.9. The molecule has 2 aromatic heterocycles. The van der Waals surface area contributed by atoms with Crippen molar-refractivity contribution in [1.29, 1.82) is 0 Å². The highest BCUT2D eigenvalue weighted by Gasteiger charge is 2.40. The number of aromatic nitrogens is 2. The Labute approximate surface area is 185 Å². The fourth-order valence-electron chi connectivity index (χ4n) is 4.18. The second-order valence-corrected chi connectivity index (χ2v) is 9.06. The van der Waals surface area contributed by atoms with Crippen molar-refractivity contribution in [3.8, 4) is 16.3 Å². The number of carbonyl (C=O) groups excluding carboxylic acids is 1. The maximum Gasteiger partial charge on any atom is 0.276 e. The normalized spacial score (nSPS) is 20.2. The summed E-state index contributed by atoms with van der Waals surface area (Å²) in [4.78, 5) is 32.4. The number of ether oxygens (including phenoxy) is 1. The van der Waals surface area contributed by atoms with Gasteiger partial charge in [0.2, 0.25) is 5.43 Å². The van der Waals surface area contributed by atoms with Crippen LogP contribution in [0.4, 0.5) is 8.78 Å². The van der Waals surface area contributed by atoms with Crippen LogP contribution < -0.4 is 5.43 Å². The molecule has 0 radical (unpaired) electrons. The van der Waals surface area contributed by atoms with Gasteiger partial charge >= 0.3 is 0 Å². The summed E-state index contributed by atoms with van der Waals surface area (Å²) in [6.45, 7) is 2.72. The van der Waals surface area contributed by atoms with Crippen LogP contribution in [0.25, 0.3) is 10.6 Å². The molecule has 1 N–H and O–H groups in total. The van der Waals surface area contributed by atoms with Crippen molar-refractivity contribution >= 4 is 17.2 Å². The van der Waals surface area contributed by atoms with Gasteiger partial charge in [-0.05, 0) is 25.0 Å². The zero-order valence-electron chi connectivity index (χ0n) is 17.0. The minimum Gasteiger partial charge on any atom is -0.503 e. The monoisotopic (exact) mass is 459 g/mol. The molecule has 32 heavy (non-hydrogen) atoms. The summed E-state index contributed by atoms with van der Waals surface area (Å²) in [5.41, 5.74) is -0.298. The maximum atomic E-state index is 14.0. The van der Waals surface area contributed by atoms with Crippen LogP contribution in [0, 0.1) is 11.6 Å².